The van der Waals surface area contributed by atoms with Crippen LogP contribution in [0.25, 0.3) is 22.5 Å². The van der Waals surface area contributed by atoms with Gasteiger partial charge in [-0.2, -0.15) is 0 Å². The first kappa shape index (κ1) is 25.1. The number of carbonyl (C=O) groups is 2. The number of fused-ring (bicyclic) bond motifs is 1. The summed E-state index contributed by atoms with van der Waals surface area (Å²) in [5.41, 5.74) is 5.46. The molecular weight excluding hydrogens is 486 g/mol. The fourth-order valence-corrected chi connectivity index (χ4v) is 6.32. The third-order valence-corrected chi connectivity index (χ3v) is 8.25. The van der Waals surface area contributed by atoms with Crippen LogP contribution in [0.2, 0.25) is 0 Å². The van der Waals surface area contributed by atoms with E-state index in [1.54, 1.807) is 11.9 Å². The van der Waals surface area contributed by atoms with Gasteiger partial charge in [-0.1, -0.05) is 66.7 Å². The Morgan fingerprint density at radius 1 is 0.897 bits per heavy atom. The van der Waals surface area contributed by atoms with Gasteiger partial charge in [0, 0.05) is 31.8 Å². The normalized spacial score (nSPS) is 18.9. The topological polar surface area (TPSA) is 65.8 Å². The number of hydrogen-bond donors (Lipinski definition) is 1. The van der Waals surface area contributed by atoms with Crippen LogP contribution in [0.1, 0.15) is 40.1 Å². The minimum Gasteiger partial charge on any atom is -0.460 e. The van der Waals surface area contributed by atoms with Crippen LogP contribution in [-0.2, 0) is 24.3 Å². The number of hydrogen-bond acceptors (Lipinski definition) is 4. The molecule has 2 aliphatic heterocycles. The minimum absolute atomic E-state index is 0.0541. The third kappa shape index (κ3) is 4.45. The van der Waals surface area contributed by atoms with Gasteiger partial charge < -0.3 is 14.6 Å². The number of rotatable bonds is 7. The highest BCUT2D eigenvalue weighted by Crippen LogP contribution is 2.39. The Morgan fingerprint density at radius 3 is 2.41 bits per heavy atom. The predicted molar refractivity (Wildman–Crippen MR) is 152 cm³/mol. The summed E-state index contributed by atoms with van der Waals surface area (Å²) in [6, 6.07) is 28.4. The van der Waals surface area contributed by atoms with Crippen molar-refractivity contribution in [3.05, 3.63) is 107 Å². The van der Waals surface area contributed by atoms with Crippen LogP contribution in [0.5, 0.6) is 0 Å². The molecule has 0 spiro atoms. The summed E-state index contributed by atoms with van der Waals surface area (Å²) in [4.78, 5) is 29.9. The van der Waals surface area contributed by atoms with Crippen LogP contribution in [-0.4, -0.2) is 47.8 Å². The predicted octanol–water partition coefficient (Wildman–Crippen LogP) is 5.52. The maximum atomic E-state index is 13.3. The van der Waals surface area contributed by atoms with E-state index in [1.165, 1.54) is 0 Å². The minimum atomic E-state index is -0.607. The number of furan rings is 1. The second-order valence-electron chi connectivity index (χ2n) is 10.6. The van der Waals surface area contributed by atoms with E-state index in [2.05, 4.69) is 40.5 Å². The van der Waals surface area contributed by atoms with E-state index in [-0.39, 0.29) is 11.8 Å². The van der Waals surface area contributed by atoms with Crippen molar-refractivity contribution in [3.63, 3.8) is 0 Å². The van der Waals surface area contributed by atoms with Crippen molar-refractivity contribution < 1.29 is 14.0 Å². The van der Waals surface area contributed by atoms with Crippen molar-refractivity contribution in [1.29, 1.82) is 0 Å². The molecule has 2 aliphatic rings. The molecule has 1 aromatic heterocycles. The van der Waals surface area contributed by atoms with Crippen LogP contribution in [0, 0.1) is 0 Å². The van der Waals surface area contributed by atoms with Crippen molar-refractivity contribution in [2.75, 3.05) is 20.6 Å². The average Bonchev–Trinajstić information content (AvgIpc) is 3.67. The van der Waals surface area contributed by atoms with Gasteiger partial charge in [0.2, 0.25) is 5.91 Å². The summed E-state index contributed by atoms with van der Waals surface area (Å²) in [6.07, 6.45) is 2.43. The molecule has 3 heterocycles. The first-order valence-corrected chi connectivity index (χ1v) is 13.6. The van der Waals surface area contributed by atoms with E-state index >= 15 is 0 Å². The summed E-state index contributed by atoms with van der Waals surface area (Å²) in [5, 5.41) is 2.93. The van der Waals surface area contributed by atoms with E-state index < -0.39 is 5.54 Å². The molecule has 0 saturated carbocycles. The lowest BCUT2D eigenvalue weighted by molar-refractivity contribution is -0.132. The van der Waals surface area contributed by atoms with Gasteiger partial charge in [-0.25, -0.2) is 0 Å². The van der Waals surface area contributed by atoms with E-state index in [0.717, 1.165) is 64.3 Å². The highest BCUT2D eigenvalue weighted by molar-refractivity contribution is 6.01. The maximum Gasteiger partial charge on any atom is 0.254 e. The number of nitrogens with one attached hydrogen (secondary N) is 1. The average molecular weight is 520 g/mol. The van der Waals surface area contributed by atoms with Gasteiger partial charge in [0.1, 0.15) is 17.1 Å². The van der Waals surface area contributed by atoms with E-state index in [4.69, 9.17) is 4.42 Å². The molecular formula is C33H33N3O3. The Bertz CT molecular complexity index is 1530. The van der Waals surface area contributed by atoms with Crippen molar-refractivity contribution in [3.8, 4) is 22.5 Å². The van der Waals surface area contributed by atoms with Gasteiger partial charge >= 0.3 is 0 Å². The second kappa shape index (κ2) is 10.2. The zero-order valence-electron chi connectivity index (χ0n) is 22.4. The van der Waals surface area contributed by atoms with Gasteiger partial charge in [0.05, 0.1) is 6.54 Å². The van der Waals surface area contributed by atoms with Gasteiger partial charge in [-0.05, 0) is 66.3 Å². The summed E-state index contributed by atoms with van der Waals surface area (Å²) < 4.78 is 6.46. The summed E-state index contributed by atoms with van der Waals surface area (Å²) in [7, 11) is 3.56. The Morgan fingerprint density at radius 2 is 1.62 bits per heavy atom. The number of likely N-dealkylation sites (N-methyl/N-ethyl adjacent to an activating group) is 1. The largest absolute Gasteiger partial charge is 0.460 e. The lowest BCUT2D eigenvalue weighted by atomic mass is 9.87. The number of nitrogens with zero attached hydrogens (tertiary/aromatic N) is 2. The summed E-state index contributed by atoms with van der Waals surface area (Å²) >= 11 is 0. The first-order valence-electron chi connectivity index (χ1n) is 13.6. The Kier molecular flexibility index (Phi) is 6.57. The fraction of sp³-hybridized carbons (Fsp3) is 0.273. The molecule has 6 nitrogen and oxygen atoms in total. The molecule has 0 aliphatic carbocycles. The van der Waals surface area contributed by atoms with Crippen LogP contribution in [0.15, 0.2) is 89.3 Å². The molecule has 0 radical (unpaired) electrons. The molecule has 3 aromatic carbocycles. The standard InChI is InChI=1S/C33H33N3O3/c1-34-32(38)33(20-23-10-4-3-5-11-23)18-9-19-36(33)21-24-16-17-30(39-24)27-13-7-6-12-25(27)26-14-8-15-28-29(26)22-35(2)31(28)37/h3-8,10-17H,9,18-22H2,1-2H3,(H,34,38). The maximum absolute atomic E-state index is 13.3. The number of carbonyl (C=O) groups excluding carboxylic acids is 2. The lowest BCUT2D eigenvalue weighted by Gasteiger charge is -2.36. The van der Waals surface area contributed by atoms with Gasteiger partial charge in [-0.3, -0.25) is 14.5 Å². The van der Waals surface area contributed by atoms with Crippen molar-refractivity contribution in [2.24, 2.45) is 0 Å². The molecule has 1 atom stereocenters. The molecule has 2 amide bonds. The molecule has 39 heavy (non-hydrogen) atoms. The van der Waals surface area contributed by atoms with E-state index in [0.29, 0.717) is 19.5 Å². The molecule has 6 heteroatoms. The van der Waals surface area contributed by atoms with Gasteiger partial charge in [-0.15, -0.1) is 0 Å². The molecule has 1 saturated heterocycles. The highest BCUT2D eigenvalue weighted by atomic mass is 16.3. The zero-order chi connectivity index (χ0) is 27.0. The monoisotopic (exact) mass is 519 g/mol. The van der Waals surface area contributed by atoms with Crippen molar-refractivity contribution in [2.45, 2.75) is 37.9 Å². The van der Waals surface area contributed by atoms with Crippen LogP contribution < -0.4 is 5.32 Å². The molecule has 198 valence electrons. The molecule has 1 N–H and O–H groups in total. The number of benzene rings is 3. The quantitative estimate of drug-likeness (QED) is 0.349. The molecule has 4 aromatic rings. The Labute approximate surface area is 229 Å². The lowest BCUT2D eigenvalue weighted by Crippen LogP contribution is -2.55. The van der Waals surface area contributed by atoms with E-state index in [9.17, 15) is 9.59 Å². The van der Waals surface area contributed by atoms with Crippen molar-refractivity contribution in [1.82, 2.24) is 15.1 Å². The number of amides is 2. The Balaban J connectivity index is 1.31. The van der Waals surface area contributed by atoms with Crippen molar-refractivity contribution >= 4 is 11.8 Å². The summed E-state index contributed by atoms with van der Waals surface area (Å²) in [5.74, 6) is 1.73. The molecule has 6 rings (SSSR count). The van der Waals surface area contributed by atoms with Crippen LogP contribution in [0.3, 0.4) is 0 Å². The smallest absolute Gasteiger partial charge is 0.254 e. The number of likely N-dealkylation sites (tertiary alicyclic amines) is 1. The van der Waals surface area contributed by atoms with Crippen LogP contribution in [0.4, 0.5) is 0 Å². The third-order valence-electron chi connectivity index (χ3n) is 8.25. The van der Waals surface area contributed by atoms with Crippen LogP contribution >= 0.6 is 0 Å². The Hall–Kier alpha value is -4.16. The second-order valence-corrected chi connectivity index (χ2v) is 10.6. The van der Waals surface area contributed by atoms with Gasteiger partial charge in [0.25, 0.3) is 5.91 Å². The SMILES string of the molecule is CNC(=O)C1(Cc2ccccc2)CCCN1Cc1ccc(-c2ccccc2-c2cccc3c2CN(C)C3=O)o1. The highest BCUT2D eigenvalue weighted by Gasteiger charge is 2.47. The zero-order valence-corrected chi connectivity index (χ0v) is 22.4. The van der Waals surface area contributed by atoms with E-state index in [1.807, 2.05) is 61.6 Å². The van der Waals surface area contributed by atoms with Gasteiger partial charge in [0.15, 0.2) is 0 Å². The first-order chi connectivity index (χ1) is 19.0. The molecule has 0 bridgehead atoms. The molecule has 1 unspecified atom stereocenters. The fourth-order valence-electron chi connectivity index (χ4n) is 6.32. The molecule has 1 fully saturated rings. The summed E-state index contributed by atoms with van der Waals surface area (Å²) in [6.45, 7) is 1.99.